The number of rotatable bonds is 4. The minimum atomic E-state index is -0.369. The highest BCUT2D eigenvalue weighted by Crippen LogP contribution is 2.31. The fourth-order valence-corrected chi connectivity index (χ4v) is 4.38. The average Bonchev–Trinajstić information content (AvgIpc) is 3.42. The van der Waals surface area contributed by atoms with E-state index in [4.69, 9.17) is 0 Å². The predicted octanol–water partition coefficient (Wildman–Crippen LogP) is 3.45. The van der Waals surface area contributed by atoms with Gasteiger partial charge in [-0.3, -0.25) is 19.3 Å². The lowest BCUT2D eigenvalue weighted by Crippen LogP contribution is -2.40. The van der Waals surface area contributed by atoms with Crippen molar-refractivity contribution in [3.05, 3.63) is 71.5 Å². The molecule has 8 nitrogen and oxygen atoms in total. The van der Waals surface area contributed by atoms with Crippen LogP contribution in [0.1, 0.15) is 63.2 Å². The highest BCUT2D eigenvalue weighted by molar-refractivity contribution is 6.22. The number of carbonyl (C=O) groups is 3. The highest BCUT2D eigenvalue weighted by atomic mass is 16.2. The third-order valence-corrected chi connectivity index (χ3v) is 5.94. The Bertz CT molecular complexity index is 1170. The van der Waals surface area contributed by atoms with Crippen LogP contribution < -0.4 is 5.32 Å². The Morgan fingerprint density at radius 3 is 2.52 bits per heavy atom. The van der Waals surface area contributed by atoms with Crippen LogP contribution in [-0.4, -0.2) is 43.7 Å². The number of carbonyl (C=O) groups excluding carboxylic acids is 3. The number of benzene rings is 2. The molecule has 8 heteroatoms. The molecule has 31 heavy (non-hydrogen) atoms. The van der Waals surface area contributed by atoms with Gasteiger partial charge in [0, 0.05) is 11.6 Å². The number of hydrogen-bond donors (Lipinski definition) is 1. The Kier molecular flexibility index (Phi) is 4.82. The summed E-state index contributed by atoms with van der Waals surface area (Å²) in [5.41, 5.74) is 2.22. The zero-order valence-electron chi connectivity index (χ0n) is 16.8. The van der Waals surface area contributed by atoms with Crippen molar-refractivity contribution in [3.8, 4) is 5.69 Å². The molecule has 0 radical (unpaired) electrons. The summed E-state index contributed by atoms with van der Waals surface area (Å²) in [4.78, 5) is 40.2. The summed E-state index contributed by atoms with van der Waals surface area (Å²) in [5, 5.41) is 10.6. The fraction of sp³-hybridized carbons (Fsp3) is 0.261. The van der Waals surface area contributed by atoms with Gasteiger partial charge in [-0.1, -0.05) is 36.6 Å². The molecule has 1 N–H and O–H groups in total. The van der Waals surface area contributed by atoms with E-state index in [2.05, 4.69) is 15.6 Å². The second-order valence-corrected chi connectivity index (χ2v) is 7.85. The van der Waals surface area contributed by atoms with Gasteiger partial charge in [0.15, 0.2) is 0 Å². The molecule has 2 aromatic carbocycles. The summed E-state index contributed by atoms with van der Waals surface area (Å²) in [7, 11) is 0. The molecule has 1 aliphatic carbocycles. The Morgan fingerprint density at radius 1 is 0.968 bits per heavy atom. The van der Waals surface area contributed by atoms with E-state index in [1.165, 1.54) is 11.0 Å². The van der Waals surface area contributed by atoms with Crippen LogP contribution in [0.25, 0.3) is 5.69 Å². The molecule has 3 amide bonds. The van der Waals surface area contributed by atoms with Gasteiger partial charge in [-0.05, 0) is 43.2 Å². The monoisotopic (exact) mass is 415 g/mol. The molecule has 0 saturated heterocycles. The van der Waals surface area contributed by atoms with E-state index in [1.807, 2.05) is 18.2 Å². The van der Waals surface area contributed by atoms with Crippen molar-refractivity contribution >= 4 is 23.4 Å². The molecule has 5 rings (SSSR count). The molecule has 0 spiro atoms. The molecule has 0 bridgehead atoms. The molecule has 1 aliphatic heterocycles. The summed E-state index contributed by atoms with van der Waals surface area (Å²) >= 11 is 0. The van der Waals surface area contributed by atoms with E-state index >= 15 is 0 Å². The van der Waals surface area contributed by atoms with Crippen molar-refractivity contribution < 1.29 is 14.4 Å². The first kappa shape index (κ1) is 19.2. The summed E-state index contributed by atoms with van der Waals surface area (Å²) in [6.07, 6.45) is 8.12. The van der Waals surface area contributed by atoms with E-state index in [9.17, 15) is 14.4 Å². The lowest BCUT2D eigenvalue weighted by atomic mass is 9.94. The van der Waals surface area contributed by atoms with Crippen LogP contribution in [0.5, 0.6) is 0 Å². The van der Waals surface area contributed by atoms with Crippen LogP contribution in [-0.2, 0) is 0 Å². The van der Waals surface area contributed by atoms with Gasteiger partial charge >= 0.3 is 0 Å². The van der Waals surface area contributed by atoms with E-state index in [0.717, 1.165) is 32.1 Å². The second kappa shape index (κ2) is 7.79. The van der Waals surface area contributed by atoms with Crippen LogP contribution in [0.15, 0.2) is 54.9 Å². The fourth-order valence-electron chi connectivity index (χ4n) is 4.38. The molecule has 0 atom stereocenters. The predicted molar refractivity (Wildman–Crippen MR) is 113 cm³/mol. The van der Waals surface area contributed by atoms with Gasteiger partial charge in [0.25, 0.3) is 17.7 Å². The molecule has 1 fully saturated rings. The first-order valence-electron chi connectivity index (χ1n) is 10.4. The molecular formula is C23H21N5O3. The lowest BCUT2D eigenvalue weighted by molar-refractivity contribution is 0.0549. The summed E-state index contributed by atoms with van der Waals surface area (Å²) in [6, 6.07) is 11.9. The Hall–Kier alpha value is -3.81. The highest BCUT2D eigenvalue weighted by Gasteiger charge is 2.40. The molecule has 3 aromatic rings. The van der Waals surface area contributed by atoms with Gasteiger partial charge in [-0.15, -0.1) is 5.10 Å². The van der Waals surface area contributed by atoms with E-state index in [0.29, 0.717) is 28.1 Å². The SMILES string of the molecule is O=C(Nc1ccccc1-n1ccnn1)c1ccc2c(c1)C(=O)N(C1CCCCC1)C2=O. The zero-order valence-corrected chi connectivity index (χ0v) is 16.8. The summed E-state index contributed by atoms with van der Waals surface area (Å²) < 4.78 is 1.56. The summed E-state index contributed by atoms with van der Waals surface area (Å²) in [6.45, 7) is 0. The van der Waals surface area contributed by atoms with E-state index < -0.39 is 0 Å². The van der Waals surface area contributed by atoms with Crippen LogP contribution >= 0.6 is 0 Å². The topological polar surface area (TPSA) is 97.2 Å². The second-order valence-electron chi connectivity index (χ2n) is 7.85. The molecule has 1 aromatic heterocycles. The van der Waals surface area contributed by atoms with Gasteiger partial charge < -0.3 is 5.32 Å². The first-order chi connectivity index (χ1) is 15.1. The lowest BCUT2D eigenvalue weighted by Gasteiger charge is -2.29. The van der Waals surface area contributed by atoms with Gasteiger partial charge in [-0.25, -0.2) is 4.68 Å². The van der Waals surface area contributed by atoms with Gasteiger partial charge in [0.2, 0.25) is 0 Å². The molecule has 2 heterocycles. The number of nitrogens with one attached hydrogen (secondary N) is 1. The number of hydrogen-bond acceptors (Lipinski definition) is 5. The molecular weight excluding hydrogens is 394 g/mol. The zero-order chi connectivity index (χ0) is 21.4. The maximum atomic E-state index is 13.0. The Labute approximate surface area is 178 Å². The number of nitrogens with zero attached hydrogens (tertiary/aromatic N) is 4. The number of amides is 3. The molecule has 1 saturated carbocycles. The normalized spacial score (nSPS) is 16.5. The van der Waals surface area contributed by atoms with E-state index in [1.54, 1.807) is 35.3 Å². The van der Waals surface area contributed by atoms with Crippen LogP contribution in [0.2, 0.25) is 0 Å². The minimum absolute atomic E-state index is 0.0482. The van der Waals surface area contributed by atoms with Crippen molar-refractivity contribution in [2.24, 2.45) is 0 Å². The van der Waals surface area contributed by atoms with Crippen molar-refractivity contribution in [1.82, 2.24) is 19.9 Å². The Balaban J connectivity index is 1.41. The third kappa shape index (κ3) is 3.39. The first-order valence-corrected chi connectivity index (χ1v) is 10.4. The van der Waals surface area contributed by atoms with Crippen molar-refractivity contribution in [2.75, 3.05) is 5.32 Å². The van der Waals surface area contributed by atoms with Crippen LogP contribution in [0.3, 0.4) is 0 Å². The largest absolute Gasteiger partial charge is 0.320 e. The number of anilines is 1. The van der Waals surface area contributed by atoms with Crippen molar-refractivity contribution in [1.29, 1.82) is 0 Å². The molecule has 156 valence electrons. The minimum Gasteiger partial charge on any atom is -0.320 e. The van der Waals surface area contributed by atoms with Crippen molar-refractivity contribution in [3.63, 3.8) is 0 Å². The van der Waals surface area contributed by atoms with Crippen molar-refractivity contribution in [2.45, 2.75) is 38.1 Å². The van der Waals surface area contributed by atoms with Gasteiger partial charge in [0.05, 0.1) is 34.9 Å². The maximum absolute atomic E-state index is 13.0. The standard InChI is InChI=1S/C23H21N5O3/c29-21(25-19-8-4-5-9-20(19)27-13-12-24-26-27)15-10-11-17-18(14-15)23(31)28(22(17)30)16-6-2-1-3-7-16/h4-5,8-14,16H,1-3,6-7H2,(H,25,29). The number of para-hydroxylation sites is 2. The van der Waals surface area contributed by atoms with Crippen LogP contribution in [0.4, 0.5) is 5.69 Å². The Morgan fingerprint density at radius 2 is 1.74 bits per heavy atom. The quantitative estimate of drug-likeness (QED) is 0.659. The van der Waals surface area contributed by atoms with Gasteiger partial charge in [0.1, 0.15) is 0 Å². The maximum Gasteiger partial charge on any atom is 0.261 e. The molecule has 2 aliphatic rings. The number of fused-ring (bicyclic) bond motifs is 1. The number of imide groups is 1. The van der Waals surface area contributed by atoms with E-state index in [-0.39, 0.29) is 23.8 Å². The molecule has 0 unspecified atom stereocenters. The smallest absolute Gasteiger partial charge is 0.261 e. The average molecular weight is 415 g/mol. The van der Waals surface area contributed by atoms with Gasteiger partial charge in [-0.2, -0.15) is 0 Å². The number of aromatic nitrogens is 3. The third-order valence-electron chi connectivity index (χ3n) is 5.94. The van der Waals surface area contributed by atoms with Crippen LogP contribution in [0, 0.1) is 0 Å². The summed E-state index contributed by atoms with van der Waals surface area (Å²) in [5.74, 6) is -0.924.